The smallest absolute Gasteiger partial charge is 0.186 e. The Morgan fingerprint density at radius 3 is 2.69 bits per heavy atom. The van der Waals surface area contributed by atoms with Gasteiger partial charge in [-0.3, -0.25) is 0 Å². The fraction of sp³-hybridized carbons (Fsp3) is 1.00. The molecule has 5 nitrogen and oxygen atoms in total. The first-order chi connectivity index (χ1) is 6.09. The fourth-order valence-corrected chi connectivity index (χ4v) is 2.17. The van der Waals surface area contributed by atoms with Crippen LogP contribution in [0.5, 0.6) is 0 Å². The highest BCUT2D eigenvalue weighted by atomic mass is 16.7. The number of ether oxygens (including phenoxy) is 2. The Balaban J connectivity index is 2.21. The molecule has 0 amide bonds. The highest BCUT2D eigenvalue weighted by Gasteiger charge is 2.61. The van der Waals surface area contributed by atoms with Gasteiger partial charge in [-0.15, -0.1) is 0 Å². The molecule has 2 fully saturated rings. The molecule has 0 bridgehead atoms. The van der Waals surface area contributed by atoms with Crippen molar-refractivity contribution in [2.24, 2.45) is 0 Å². The molecule has 0 radical (unpaired) electrons. The highest BCUT2D eigenvalue weighted by Crippen LogP contribution is 2.43. The van der Waals surface area contributed by atoms with Gasteiger partial charge in [0, 0.05) is 7.11 Å². The van der Waals surface area contributed by atoms with Gasteiger partial charge in [-0.1, -0.05) is 0 Å². The van der Waals surface area contributed by atoms with Crippen molar-refractivity contribution < 1.29 is 24.8 Å². The molecule has 3 N–H and O–H groups in total. The van der Waals surface area contributed by atoms with Gasteiger partial charge in [0.2, 0.25) is 0 Å². The van der Waals surface area contributed by atoms with Gasteiger partial charge in [0.25, 0.3) is 0 Å². The summed E-state index contributed by atoms with van der Waals surface area (Å²) in [4.78, 5) is 0. The second kappa shape index (κ2) is 2.90. The minimum absolute atomic E-state index is 0.347. The molecule has 2 aliphatic rings. The van der Waals surface area contributed by atoms with E-state index in [4.69, 9.17) is 9.47 Å². The van der Waals surface area contributed by atoms with E-state index in [1.54, 1.807) is 0 Å². The van der Waals surface area contributed by atoms with Crippen LogP contribution in [0, 0.1) is 0 Å². The molecule has 1 aliphatic heterocycles. The normalized spacial score (nSPS) is 55.4. The average molecular weight is 190 g/mol. The van der Waals surface area contributed by atoms with Crippen molar-refractivity contribution >= 4 is 0 Å². The Morgan fingerprint density at radius 2 is 2.15 bits per heavy atom. The molecule has 5 heteroatoms. The first kappa shape index (κ1) is 9.36. The Morgan fingerprint density at radius 1 is 1.46 bits per heavy atom. The number of rotatable bonds is 1. The van der Waals surface area contributed by atoms with Gasteiger partial charge in [-0.2, -0.15) is 0 Å². The predicted octanol–water partition coefficient (Wildman–Crippen LogP) is -1.40. The minimum Gasteiger partial charge on any atom is -0.390 e. The zero-order valence-electron chi connectivity index (χ0n) is 7.38. The first-order valence-electron chi connectivity index (χ1n) is 4.36. The molecule has 1 aliphatic carbocycles. The van der Waals surface area contributed by atoms with E-state index in [0.29, 0.717) is 12.8 Å². The molecule has 0 aromatic heterocycles. The van der Waals surface area contributed by atoms with Crippen molar-refractivity contribution in [3.8, 4) is 0 Å². The molecule has 0 aromatic carbocycles. The largest absolute Gasteiger partial charge is 0.390 e. The quantitative estimate of drug-likeness (QED) is 0.474. The zero-order valence-corrected chi connectivity index (χ0v) is 7.38. The third kappa shape index (κ3) is 1.12. The van der Waals surface area contributed by atoms with Crippen molar-refractivity contribution in [3.05, 3.63) is 0 Å². The fourth-order valence-electron chi connectivity index (χ4n) is 2.17. The lowest BCUT2D eigenvalue weighted by Crippen LogP contribution is -2.46. The number of hydrogen-bond acceptors (Lipinski definition) is 5. The average Bonchev–Trinajstić information content (AvgIpc) is 2.53. The Hall–Kier alpha value is -0.200. The summed E-state index contributed by atoms with van der Waals surface area (Å²) in [6.45, 7) is 0. The van der Waals surface area contributed by atoms with Gasteiger partial charge in [0.05, 0.1) is 6.10 Å². The summed E-state index contributed by atoms with van der Waals surface area (Å²) in [5.41, 5.74) is -1.33. The van der Waals surface area contributed by atoms with Crippen molar-refractivity contribution in [2.75, 3.05) is 7.11 Å². The lowest BCUT2D eigenvalue weighted by Gasteiger charge is -2.24. The van der Waals surface area contributed by atoms with Crippen LogP contribution in [0.1, 0.15) is 12.8 Å². The summed E-state index contributed by atoms with van der Waals surface area (Å²) in [5.74, 6) is 0. The number of hydrogen-bond donors (Lipinski definition) is 3. The maximum atomic E-state index is 9.96. The molecule has 5 atom stereocenters. The van der Waals surface area contributed by atoms with Gasteiger partial charge in [0.15, 0.2) is 6.29 Å². The van der Waals surface area contributed by atoms with Crippen LogP contribution in [-0.2, 0) is 9.47 Å². The Bertz CT molecular complexity index is 209. The molecule has 0 spiro atoms. The van der Waals surface area contributed by atoms with Crippen LogP contribution in [0.25, 0.3) is 0 Å². The highest BCUT2D eigenvalue weighted by molar-refractivity contribution is 5.08. The molecule has 0 unspecified atom stereocenters. The van der Waals surface area contributed by atoms with Gasteiger partial charge >= 0.3 is 0 Å². The summed E-state index contributed by atoms with van der Waals surface area (Å²) in [6, 6.07) is 0. The third-order valence-corrected chi connectivity index (χ3v) is 2.97. The molecular weight excluding hydrogens is 176 g/mol. The SMILES string of the molecule is CO[C@@H]1O[C@@H]2[C@H](O)CC[C@]2(O)[C@H]1O. The van der Waals surface area contributed by atoms with Crippen LogP contribution in [0.2, 0.25) is 0 Å². The van der Waals surface area contributed by atoms with E-state index in [9.17, 15) is 15.3 Å². The number of aliphatic hydroxyl groups excluding tert-OH is 2. The van der Waals surface area contributed by atoms with E-state index in [0.717, 1.165) is 0 Å². The molecule has 76 valence electrons. The van der Waals surface area contributed by atoms with Gasteiger partial charge in [-0.05, 0) is 12.8 Å². The van der Waals surface area contributed by atoms with E-state index < -0.39 is 30.2 Å². The molecule has 1 heterocycles. The summed E-state index contributed by atoms with van der Waals surface area (Å²) in [7, 11) is 1.39. The summed E-state index contributed by atoms with van der Waals surface area (Å²) < 4.78 is 10.0. The number of fused-ring (bicyclic) bond motifs is 1. The predicted molar refractivity (Wildman–Crippen MR) is 41.9 cm³/mol. The van der Waals surface area contributed by atoms with Crippen LogP contribution < -0.4 is 0 Å². The van der Waals surface area contributed by atoms with Crippen molar-refractivity contribution in [3.63, 3.8) is 0 Å². The van der Waals surface area contributed by atoms with Gasteiger partial charge < -0.3 is 24.8 Å². The van der Waals surface area contributed by atoms with E-state index in [1.807, 2.05) is 0 Å². The minimum atomic E-state index is -1.33. The molecule has 0 aromatic rings. The molecule has 1 saturated heterocycles. The zero-order chi connectivity index (χ0) is 9.64. The van der Waals surface area contributed by atoms with Crippen LogP contribution in [0.3, 0.4) is 0 Å². The third-order valence-electron chi connectivity index (χ3n) is 2.97. The maximum absolute atomic E-state index is 9.96. The first-order valence-corrected chi connectivity index (χ1v) is 4.36. The van der Waals surface area contributed by atoms with Crippen LogP contribution >= 0.6 is 0 Å². The summed E-state index contributed by atoms with van der Waals surface area (Å²) in [6.07, 6.45) is -2.52. The summed E-state index contributed by atoms with van der Waals surface area (Å²) in [5, 5.41) is 29.0. The second-order valence-corrected chi connectivity index (χ2v) is 3.70. The number of methoxy groups -OCH3 is 1. The second-order valence-electron chi connectivity index (χ2n) is 3.70. The van der Waals surface area contributed by atoms with Crippen molar-refractivity contribution in [1.29, 1.82) is 0 Å². The van der Waals surface area contributed by atoms with E-state index in [1.165, 1.54) is 7.11 Å². The molecule has 2 rings (SSSR count). The molecular formula is C8H14O5. The summed E-state index contributed by atoms with van der Waals surface area (Å²) >= 11 is 0. The topological polar surface area (TPSA) is 79.2 Å². The van der Waals surface area contributed by atoms with Crippen LogP contribution in [0.15, 0.2) is 0 Å². The monoisotopic (exact) mass is 190 g/mol. The Labute approximate surface area is 75.9 Å². The van der Waals surface area contributed by atoms with Gasteiger partial charge in [-0.25, -0.2) is 0 Å². The van der Waals surface area contributed by atoms with Crippen LogP contribution in [0.4, 0.5) is 0 Å². The van der Waals surface area contributed by atoms with E-state index in [2.05, 4.69) is 0 Å². The standard InChI is InChI=1S/C8H14O5/c1-12-7-5(10)8(11)3-2-4(9)6(8)13-7/h4-7,9-11H,2-3H2,1H3/t4-,5+,6-,7-,8+/m1/s1. The van der Waals surface area contributed by atoms with Crippen molar-refractivity contribution in [1.82, 2.24) is 0 Å². The van der Waals surface area contributed by atoms with Crippen molar-refractivity contribution in [2.45, 2.75) is 43.0 Å². The van der Waals surface area contributed by atoms with E-state index in [-0.39, 0.29) is 0 Å². The molecule has 1 saturated carbocycles. The Kier molecular flexibility index (Phi) is 2.08. The number of aliphatic hydroxyl groups is 3. The lowest BCUT2D eigenvalue weighted by molar-refractivity contribution is -0.163. The molecule has 13 heavy (non-hydrogen) atoms. The lowest BCUT2D eigenvalue weighted by atomic mass is 9.95. The van der Waals surface area contributed by atoms with Gasteiger partial charge in [0.1, 0.15) is 17.8 Å². The van der Waals surface area contributed by atoms with Crippen LogP contribution in [-0.4, -0.2) is 52.6 Å². The maximum Gasteiger partial charge on any atom is 0.186 e. The van der Waals surface area contributed by atoms with E-state index >= 15 is 0 Å².